The van der Waals surface area contributed by atoms with Gasteiger partial charge in [0.25, 0.3) is 5.56 Å². The summed E-state index contributed by atoms with van der Waals surface area (Å²) in [5, 5.41) is 0.583. The fourth-order valence-corrected chi connectivity index (χ4v) is 3.67. The van der Waals surface area contributed by atoms with Gasteiger partial charge in [-0.05, 0) is 32.9 Å². The van der Waals surface area contributed by atoms with Crippen molar-refractivity contribution < 1.29 is 0 Å². The molecular formula is C18H18ClN5O2. The Kier molecular flexibility index (Phi) is 3.59. The van der Waals surface area contributed by atoms with Gasteiger partial charge in [-0.25, -0.2) is 4.79 Å². The summed E-state index contributed by atoms with van der Waals surface area (Å²) in [6, 6.07) is 7.47. The SMILES string of the molecule is CCn1c(=O)c2c(nc3n(-c4ccccc4Cl)c(C)c(C)n23)n(C)c1=O. The second-order valence-corrected chi connectivity index (χ2v) is 6.68. The number of para-hydroxylation sites is 1. The van der Waals surface area contributed by atoms with Crippen LogP contribution >= 0.6 is 11.6 Å². The van der Waals surface area contributed by atoms with Crippen molar-refractivity contribution in [1.82, 2.24) is 23.1 Å². The molecule has 7 nitrogen and oxygen atoms in total. The first-order chi connectivity index (χ1) is 12.4. The molecule has 1 aromatic carbocycles. The van der Waals surface area contributed by atoms with Gasteiger partial charge in [0, 0.05) is 25.0 Å². The van der Waals surface area contributed by atoms with Crippen LogP contribution in [0, 0.1) is 13.8 Å². The standard InChI is InChI=1S/C18H18ClN5O2/c1-5-22-16(25)14-15(21(4)18(22)26)20-17-23(10(2)11(3)24(14)17)13-9-7-6-8-12(13)19/h6-9H,5H2,1-4H3. The summed E-state index contributed by atoms with van der Waals surface area (Å²) >= 11 is 6.40. The number of halogens is 1. The van der Waals surface area contributed by atoms with Crippen molar-refractivity contribution in [3.05, 3.63) is 61.5 Å². The molecule has 3 heterocycles. The van der Waals surface area contributed by atoms with E-state index in [0.717, 1.165) is 17.1 Å². The molecule has 0 amide bonds. The molecule has 0 radical (unpaired) electrons. The molecule has 0 atom stereocenters. The number of fused-ring (bicyclic) bond motifs is 3. The van der Waals surface area contributed by atoms with Crippen LogP contribution in [0.25, 0.3) is 22.6 Å². The van der Waals surface area contributed by atoms with Crippen molar-refractivity contribution in [2.24, 2.45) is 7.05 Å². The Bertz CT molecular complexity index is 1310. The van der Waals surface area contributed by atoms with Gasteiger partial charge in [0.1, 0.15) is 0 Å². The highest BCUT2D eigenvalue weighted by Gasteiger charge is 2.23. The van der Waals surface area contributed by atoms with Gasteiger partial charge in [-0.1, -0.05) is 23.7 Å². The lowest BCUT2D eigenvalue weighted by atomic mass is 10.3. The number of nitrogens with zero attached hydrogens (tertiary/aromatic N) is 5. The molecule has 0 aliphatic carbocycles. The second-order valence-electron chi connectivity index (χ2n) is 6.27. The first-order valence-corrected chi connectivity index (χ1v) is 8.71. The Balaban J connectivity index is 2.28. The van der Waals surface area contributed by atoms with Crippen LogP contribution in [0.15, 0.2) is 33.9 Å². The lowest BCUT2D eigenvalue weighted by Crippen LogP contribution is -2.38. The van der Waals surface area contributed by atoms with Crippen LogP contribution in [-0.2, 0) is 13.6 Å². The fourth-order valence-electron chi connectivity index (χ4n) is 3.45. The summed E-state index contributed by atoms with van der Waals surface area (Å²) in [4.78, 5) is 30.0. The molecule has 0 fully saturated rings. The molecule has 8 heteroatoms. The van der Waals surface area contributed by atoms with Gasteiger partial charge in [0.05, 0.1) is 10.7 Å². The lowest BCUT2D eigenvalue weighted by molar-refractivity contribution is 0.636. The average molecular weight is 372 g/mol. The van der Waals surface area contributed by atoms with Crippen LogP contribution < -0.4 is 11.2 Å². The normalized spacial score (nSPS) is 11.7. The molecule has 0 bridgehead atoms. The zero-order valence-electron chi connectivity index (χ0n) is 14.9. The second kappa shape index (κ2) is 5.60. The van der Waals surface area contributed by atoms with Crippen LogP contribution in [-0.4, -0.2) is 23.1 Å². The van der Waals surface area contributed by atoms with E-state index in [0.29, 0.717) is 28.5 Å². The van der Waals surface area contributed by atoms with Gasteiger partial charge in [0.15, 0.2) is 11.2 Å². The molecule has 4 aromatic rings. The predicted octanol–water partition coefficient (Wildman–Crippen LogP) is 2.43. The van der Waals surface area contributed by atoms with E-state index >= 15 is 0 Å². The minimum atomic E-state index is -0.371. The van der Waals surface area contributed by atoms with Crippen molar-refractivity contribution in [3.63, 3.8) is 0 Å². The third-order valence-electron chi connectivity index (χ3n) is 4.93. The van der Waals surface area contributed by atoms with Gasteiger partial charge < -0.3 is 0 Å². The molecule has 4 rings (SSSR count). The van der Waals surface area contributed by atoms with E-state index in [1.807, 2.05) is 47.1 Å². The van der Waals surface area contributed by atoms with E-state index in [-0.39, 0.29) is 11.2 Å². The minimum absolute atomic E-state index is 0.304. The minimum Gasteiger partial charge on any atom is -0.281 e. The maximum atomic E-state index is 12.9. The van der Waals surface area contributed by atoms with Gasteiger partial charge >= 0.3 is 5.69 Å². The van der Waals surface area contributed by atoms with Crippen LogP contribution in [0.1, 0.15) is 18.3 Å². The number of imidazole rings is 2. The lowest BCUT2D eigenvalue weighted by Gasteiger charge is -2.08. The first kappa shape index (κ1) is 16.7. The Labute approximate surface area is 153 Å². The van der Waals surface area contributed by atoms with E-state index in [1.165, 1.54) is 9.13 Å². The van der Waals surface area contributed by atoms with Crippen molar-refractivity contribution >= 4 is 28.5 Å². The Morgan fingerprint density at radius 1 is 1.12 bits per heavy atom. The highest BCUT2D eigenvalue weighted by molar-refractivity contribution is 6.32. The van der Waals surface area contributed by atoms with Gasteiger partial charge in [-0.15, -0.1) is 0 Å². The molecule has 3 aromatic heterocycles. The smallest absolute Gasteiger partial charge is 0.281 e. The summed E-state index contributed by atoms with van der Waals surface area (Å²) in [7, 11) is 1.63. The summed E-state index contributed by atoms with van der Waals surface area (Å²) < 4.78 is 6.36. The molecule has 0 saturated heterocycles. The number of aryl methyl sites for hydroxylation is 2. The molecule has 0 aliphatic rings. The highest BCUT2D eigenvalue weighted by atomic mass is 35.5. The predicted molar refractivity (Wildman–Crippen MR) is 102 cm³/mol. The quantitative estimate of drug-likeness (QED) is 0.543. The maximum Gasteiger partial charge on any atom is 0.332 e. The van der Waals surface area contributed by atoms with Crippen molar-refractivity contribution in [1.29, 1.82) is 0 Å². The first-order valence-electron chi connectivity index (χ1n) is 8.33. The van der Waals surface area contributed by atoms with Crippen molar-refractivity contribution in [2.75, 3.05) is 0 Å². The fraction of sp³-hybridized carbons (Fsp3) is 0.278. The number of hydrogen-bond donors (Lipinski definition) is 0. The van der Waals surface area contributed by atoms with Crippen LogP contribution in [0.3, 0.4) is 0 Å². The highest BCUT2D eigenvalue weighted by Crippen LogP contribution is 2.28. The topological polar surface area (TPSA) is 66.2 Å². The largest absolute Gasteiger partial charge is 0.332 e. The molecule has 0 aliphatic heterocycles. The third-order valence-corrected chi connectivity index (χ3v) is 5.25. The molecule has 26 heavy (non-hydrogen) atoms. The Hall–Kier alpha value is -2.80. The molecule has 0 saturated carbocycles. The number of rotatable bonds is 2. The zero-order chi connectivity index (χ0) is 18.7. The van der Waals surface area contributed by atoms with Crippen LogP contribution in [0.5, 0.6) is 0 Å². The van der Waals surface area contributed by atoms with Gasteiger partial charge in [0.2, 0.25) is 5.78 Å². The van der Waals surface area contributed by atoms with Crippen molar-refractivity contribution in [2.45, 2.75) is 27.3 Å². The summed E-state index contributed by atoms with van der Waals surface area (Å²) in [5.41, 5.74) is 2.64. The van der Waals surface area contributed by atoms with Crippen LogP contribution in [0.4, 0.5) is 0 Å². The Morgan fingerprint density at radius 3 is 2.46 bits per heavy atom. The van der Waals surface area contributed by atoms with Crippen LogP contribution in [0.2, 0.25) is 5.02 Å². The molecule has 0 N–H and O–H groups in total. The maximum absolute atomic E-state index is 12.9. The number of aromatic nitrogens is 5. The van der Waals surface area contributed by atoms with E-state index in [1.54, 1.807) is 14.0 Å². The monoisotopic (exact) mass is 371 g/mol. The molecule has 134 valence electrons. The molecular weight excluding hydrogens is 354 g/mol. The van der Waals surface area contributed by atoms with E-state index in [4.69, 9.17) is 11.6 Å². The molecule has 0 unspecified atom stereocenters. The summed E-state index contributed by atoms with van der Waals surface area (Å²) in [6.45, 7) is 5.97. The average Bonchev–Trinajstić information content (AvgIpc) is 3.11. The van der Waals surface area contributed by atoms with Gasteiger partial charge in [-0.2, -0.15) is 4.98 Å². The van der Waals surface area contributed by atoms with Crippen molar-refractivity contribution in [3.8, 4) is 5.69 Å². The van der Waals surface area contributed by atoms with E-state index in [2.05, 4.69) is 4.98 Å². The van der Waals surface area contributed by atoms with E-state index in [9.17, 15) is 9.59 Å². The zero-order valence-corrected chi connectivity index (χ0v) is 15.7. The van der Waals surface area contributed by atoms with E-state index < -0.39 is 0 Å². The summed E-state index contributed by atoms with van der Waals surface area (Å²) in [6.07, 6.45) is 0. The summed E-state index contributed by atoms with van der Waals surface area (Å²) in [5.74, 6) is 0.559. The number of hydrogen-bond acceptors (Lipinski definition) is 3. The van der Waals surface area contributed by atoms with Gasteiger partial charge in [-0.3, -0.25) is 22.9 Å². The third kappa shape index (κ3) is 1.97. The Morgan fingerprint density at radius 2 is 1.81 bits per heavy atom. The molecule has 0 spiro atoms. The number of benzene rings is 1.